The molecule has 0 bridgehead atoms. The van der Waals surface area contributed by atoms with Crippen LogP contribution in [0.3, 0.4) is 0 Å². The molecule has 180 valence electrons. The molecule has 0 aliphatic carbocycles. The standard InChI is InChI=1S/C23H24Cl2N4O5/c24-13-21(26-9-1-3-15-5-7-17(28(31)32)11-19(15)26)23(30)22(14-25)27-10-2-4-16-6-8-18(29(33)34)12-20(16)27/h5-8,11-12,21-22H,1-4,9-10,13-14H2. The lowest BCUT2D eigenvalue weighted by Crippen LogP contribution is -2.55. The number of anilines is 2. The Morgan fingerprint density at radius 1 is 0.824 bits per heavy atom. The molecular formula is C23H24Cl2N4O5. The third-order valence-electron chi connectivity index (χ3n) is 6.57. The van der Waals surface area contributed by atoms with E-state index in [0.717, 1.165) is 36.8 Å². The van der Waals surface area contributed by atoms with Gasteiger partial charge < -0.3 is 9.80 Å². The van der Waals surface area contributed by atoms with E-state index in [1.54, 1.807) is 12.1 Å². The second-order valence-corrected chi connectivity index (χ2v) is 9.09. The van der Waals surface area contributed by atoms with Crippen LogP contribution in [0.4, 0.5) is 22.7 Å². The van der Waals surface area contributed by atoms with Crippen LogP contribution in [-0.4, -0.2) is 52.6 Å². The highest BCUT2D eigenvalue weighted by Crippen LogP contribution is 2.36. The number of benzene rings is 2. The van der Waals surface area contributed by atoms with Crippen LogP contribution < -0.4 is 9.80 Å². The molecule has 0 saturated carbocycles. The summed E-state index contributed by atoms with van der Waals surface area (Å²) in [4.78, 5) is 39.3. The Bertz CT molecular complexity index is 1040. The predicted molar refractivity (Wildman–Crippen MR) is 132 cm³/mol. The average Bonchev–Trinajstić information content (AvgIpc) is 2.84. The number of nitro groups is 2. The number of Topliss-reactive ketones (excluding diaryl/α,β-unsaturated/α-hetero) is 1. The van der Waals surface area contributed by atoms with Gasteiger partial charge in [-0.2, -0.15) is 0 Å². The highest BCUT2D eigenvalue weighted by molar-refractivity contribution is 6.23. The van der Waals surface area contributed by atoms with E-state index in [2.05, 4.69) is 0 Å². The van der Waals surface area contributed by atoms with Gasteiger partial charge in [0.25, 0.3) is 11.4 Å². The Labute approximate surface area is 206 Å². The van der Waals surface area contributed by atoms with Gasteiger partial charge in [0.05, 0.1) is 9.85 Å². The fraction of sp³-hybridized carbons (Fsp3) is 0.435. The van der Waals surface area contributed by atoms with Crippen molar-refractivity contribution < 1.29 is 14.6 Å². The first-order valence-corrected chi connectivity index (χ1v) is 12.2. The van der Waals surface area contributed by atoms with Gasteiger partial charge in [-0.25, -0.2) is 0 Å². The van der Waals surface area contributed by atoms with Gasteiger partial charge in [-0.3, -0.25) is 25.0 Å². The summed E-state index contributed by atoms with van der Waals surface area (Å²) < 4.78 is 0. The number of alkyl halides is 2. The number of carbonyl (C=O) groups excluding carboxylic acids is 1. The zero-order valence-corrected chi connectivity index (χ0v) is 19.9. The summed E-state index contributed by atoms with van der Waals surface area (Å²) >= 11 is 12.6. The fourth-order valence-electron chi connectivity index (χ4n) is 4.91. The number of ketones is 1. The second kappa shape index (κ2) is 10.1. The van der Waals surface area contributed by atoms with Crippen LogP contribution in [0.15, 0.2) is 36.4 Å². The summed E-state index contributed by atoms with van der Waals surface area (Å²) in [5.41, 5.74) is 3.06. The maximum absolute atomic E-state index is 13.8. The SMILES string of the molecule is O=C(C(CCl)N1CCCc2ccc([N+](=O)[O-])cc21)C(CCl)N1CCCc2ccc([N+](=O)[O-])cc21. The number of hydrogen-bond acceptors (Lipinski definition) is 7. The number of fused-ring (bicyclic) bond motifs is 2. The van der Waals surface area contributed by atoms with Gasteiger partial charge in [0.2, 0.25) is 0 Å². The van der Waals surface area contributed by atoms with Crippen molar-refractivity contribution in [1.29, 1.82) is 0 Å². The summed E-state index contributed by atoms with van der Waals surface area (Å²) in [7, 11) is 0. The molecule has 0 radical (unpaired) electrons. The Kier molecular flexibility index (Phi) is 7.23. The number of halogens is 2. The Morgan fingerprint density at radius 2 is 1.24 bits per heavy atom. The van der Waals surface area contributed by atoms with Crippen LogP contribution in [0.25, 0.3) is 0 Å². The third kappa shape index (κ3) is 4.54. The van der Waals surface area contributed by atoms with Crippen molar-refractivity contribution in [2.24, 2.45) is 0 Å². The highest BCUT2D eigenvalue weighted by atomic mass is 35.5. The molecule has 2 unspecified atom stereocenters. The summed E-state index contributed by atoms with van der Waals surface area (Å²) in [6.45, 7) is 1.07. The molecule has 0 aromatic heterocycles. The minimum absolute atomic E-state index is 0.00993. The van der Waals surface area contributed by atoms with E-state index in [0.29, 0.717) is 24.5 Å². The normalized spacial score (nSPS) is 16.9. The van der Waals surface area contributed by atoms with Crippen molar-refractivity contribution in [3.05, 3.63) is 67.8 Å². The van der Waals surface area contributed by atoms with Crippen LogP contribution in [-0.2, 0) is 17.6 Å². The Hall–Kier alpha value is -2.91. The first kappa shape index (κ1) is 24.2. The lowest BCUT2D eigenvalue weighted by atomic mass is 9.94. The molecule has 0 saturated heterocycles. The van der Waals surface area contributed by atoms with E-state index in [-0.39, 0.29) is 28.9 Å². The molecule has 2 aliphatic rings. The quantitative estimate of drug-likeness (QED) is 0.294. The molecule has 2 atom stereocenters. The number of aryl methyl sites for hydroxylation is 2. The second-order valence-electron chi connectivity index (χ2n) is 8.48. The first-order valence-electron chi connectivity index (χ1n) is 11.1. The largest absolute Gasteiger partial charge is 0.360 e. The molecule has 2 heterocycles. The van der Waals surface area contributed by atoms with Crippen molar-refractivity contribution in [1.82, 2.24) is 0 Å². The molecule has 2 aromatic carbocycles. The average molecular weight is 507 g/mol. The van der Waals surface area contributed by atoms with Gasteiger partial charge in [0.15, 0.2) is 5.78 Å². The minimum atomic E-state index is -0.740. The monoisotopic (exact) mass is 506 g/mol. The summed E-state index contributed by atoms with van der Waals surface area (Å²) in [6.07, 6.45) is 3.09. The van der Waals surface area contributed by atoms with E-state index < -0.39 is 21.9 Å². The van der Waals surface area contributed by atoms with Crippen LogP contribution in [0.1, 0.15) is 24.0 Å². The van der Waals surface area contributed by atoms with Crippen molar-refractivity contribution in [3.8, 4) is 0 Å². The highest BCUT2D eigenvalue weighted by Gasteiger charge is 2.38. The predicted octanol–water partition coefficient (Wildman–Crippen LogP) is 4.49. The maximum Gasteiger partial charge on any atom is 0.271 e. The molecule has 2 aromatic rings. The minimum Gasteiger partial charge on any atom is -0.360 e. The molecule has 2 aliphatic heterocycles. The summed E-state index contributed by atoms with van der Waals surface area (Å²) in [5, 5.41) is 22.7. The zero-order valence-electron chi connectivity index (χ0n) is 18.4. The van der Waals surface area contributed by atoms with Crippen molar-refractivity contribution >= 4 is 51.7 Å². The van der Waals surface area contributed by atoms with Crippen LogP contribution in [0.2, 0.25) is 0 Å². The first-order chi connectivity index (χ1) is 16.3. The topological polar surface area (TPSA) is 110 Å². The van der Waals surface area contributed by atoms with Crippen LogP contribution >= 0.6 is 23.2 Å². The summed E-state index contributed by atoms with van der Waals surface area (Å²) in [5.74, 6) is -0.225. The number of nitro benzene ring substituents is 2. The number of carbonyl (C=O) groups is 1. The smallest absolute Gasteiger partial charge is 0.271 e. The lowest BCUT2D eigenvalue weighted by molar-refractivity contribution is -0.385. The van der Waals surface area contributed by atoms with Crippen molar-refractivity contribution in [3.63, 3.8) is 0 Å². The van der Waals surface area contributed by atoms with E-state index in [1.807, 2.05) is 9.80 Å². The van der Waals surface area contributed by atoms with Crippen LogP contribution in [0, 0.1) is 20.2 Å². The van der Waals surface area contributed by atoms with Gasteiger partial charge in [0, 0.05) is 60.5 Å². The molecule has 34 heavy (non-hydrogen) atoms. The molecule has 0 N–H and O–H groups in total. The molecule has 0 fully saturated rings. The van der Waals surface area contributed by atoms with E-state index in [4.69, 9.17) is 23.2 Å². The van der Waals surface area contributed by atoms with Gasteiger partial charge in [-0.05, 0) is 36.8 Å². The van der Waals surface area contributed by atoms with Crippen molar-refractivity contribution in [2.45, 2.75) is 37.8 Å². The Balaban J connectivity index is 1.68. The maximum atomic E-state index is 13.8. The van der Waals surface area contributed by atoms with Gasteiger partial charge in [0.1, 0.15) is 12.1 Å². The van der Waals surface area contributed by atoms with Crippen molar-refractivity contribution in [2.75, 3.05) is 34.6 Å². The molecular weight excluding hydrogens is 483 g/mol. The molecule has 0 amide bonds. The Morgan fingerprint density at radius 3 is 1.59 bits per heavy atom. The molecule has 9 nitrogen and oxygen atoms in total. The molecule has 11 heteroatoms. The van der Waals surface area contributed by atoms with E-state index in [9.17, 15) is 25.0 Å². The molecule has 4 rings (SSSR count). The zero-order chi connectivity index (χ0) is 24.4. The van der Waals surface area contributed by atoms with Gasteiger partial charge in [-0.15, -0.1) is 23.2 Å². The number of rotatable bonds is 8. The molecule has 0 spiro atoms. The number of non-ortho nitro benzene ring substituents is 2. The summed E-state index contributed by atoms with van der Waals surface area (Å²) in [6, 6.07) is 7.92. The number of hydrogen-bond donors (Lipinski definition) is 0. The lowest BCUT2D eigenvalue weighted by Gasteiger charge is -2.41. The fourth-order valence-corrected chi connectivity index (χ4v) is 5.54. The van der Waals surface area contributed by atoms with E-state index >= 15 is 0 Å². The van der Waals surface area contributed by atoms with Gasteiger partial charge in [-0.1, -0.05) is 12.1 Å². The van der Waals surface area contributed by atoms with Gasteiger partial charge >= 0.3 is 0 Å². The van der Waals surface area contributed by atoms with Crippen LogP contribution in [0.5, 0.6) is 0 Å². The number of nitrogens with zero attached hydrogens (tertiary/aromatic N) is 4. The van der Waals surface area contributed by atoms with E-state index in [1.165, 1.54) is 24.3 Å². The third-order valence-corrected chi connectivity index (χ3v) is 7.15.